The molecule has 1 saturated heterocycles. The van der Waals surface area contributed by atoms with Gasteiger partial charge in [-0.1, -0.05) is 19.8 Å². The monoisotopic (exact) mass is 298 g/mol. The molecule has 21 heavy (non-hydrogen) atoms. The Kier molecular flexibility index (Phi) is 6.45. The van der Waals surface area contributed by atoms with E-state index in [1.54, 1.807) is 0 Å². The number of carbonyl (C=O) groups is 1. The van der Waals surface area contributed by atoms with Gasteiger partial charge in [0.05, 0.1) is 12.7 Å². The van der Waals surface area contributed by atoms with Crippen LogP contribution in [0.4, 0.5) is 0 Å². The number of amides is 1. The molecule has 5 heteroatoms. The minimum atomic E-state index is -0.980. The second-order valence-electron chi connectivity index (χ2n) is 6.70. The van der Waals surface area contributed by atoms with Crippen molar-refractivity contribution in [2.24, 2.45) is 17.6 Å². The molecule has 0 bridgehead atoms. The summed E-state index contributed by atoms with van der Waals surface area (Å²) in [5.74, 6) is 0.122. The van der Waals surface area contributed by atoms with Gasteiger partial charge in [-0.15, -0.1) is 0 Å². The van der Waals surface area contributed by atoms with Crippen molar-refractivity contribution in [3.8, 4) is 0 Å². The van der Waals surface area contributed by atoms with Gasteiger partial charge in [-0.2, -0.15) is 0 Å². The van der Waals surface area contributed by atoms with Gasteiger partial charge >= 0.3 is 0 Å². The molecule has 3 N–H and O–H groups in total. The number of rotatable bonds is 6. The summed E-state index contributed by atoms with van der Waals surface area (Å²) in [4.78, 5) is 13.4. The lowest BCUT2D eigenvalue weighted by Crippen LogP contribution is -2.43. The molecular formula is C16H30N2O3. The van der Waals surface area contributed by atoms with Gasteiger partial charge in [0.1, 0.15) is 6.10 Å². The quantitative estimate of drug-likeness (QED) is 0.771. The van der Waals surface area contributed by atoms with Gasteiger partial charge in [-0.05, 0) is 50.6 Å². The average Bonchev–Trinajstić information content (AvgIpc) is 2.49. The van der Waals surface area contributed by atoms with Crippen LogP contribution in [0.1, 0.15) is 45.4 Å². The predicted molar refractivity (Wildman–Crippen MR) is 81.7 cm³/mol. The van der Waals surface area contributed by atoms with Gasteiger partial charge in [-0.25, -0.2) is 0 Å². The van der Waals surface area contributed by atoms with Crippen molar-refractivity contribution in [1.29, 1.82) is 0 Å². The number of aliphatic hydroxyl groups is 1. The van der Waals surface area contributed by atoms with E-state index in [-0.39, 0.29) is 5.92 Å². The van der Waals surface area contributed by atoms with Crippen molar-refractivity contribution in [2.75, 3.05) is 26.2 Å². The summed E-state index contributed by atoms with van der Waals surface area (Å²) in [5.41, 5.74) is 5.15. The van der Waals surface area contributed by atoms with Crippen molar-refractivity contribution < 1.29 is 14.6 Å². The molecule has 1 aliphatic heterocycles. The molecule has 0 radical (unpaired) electrons. The number of piperidine rings is 1. The van der Waals surface area contributed by atoms with Crippen molar-refractivity contribution in [2.45, 2.75) is 57.7 Å². The van der Waals surface area contributed by atoms with Gasteiger partial charge < -0.3 is 20.5 Å². The van der Waals surface area contributed by atoms with Crippen molar-refractivity contribution in [3.63, 3.8) is 0 Å². The van der Waals surface area contributed by atoms with E-state index in [1.165, 1.54) is 25.7 Å². The van der Waals surface area contributed by atoms with Crippen LogP contribution in [0, 0.1) is 11.8 Å². The highest BCUT2D eigenvalue weighted by Crippen LogP contribution is 2.26. The van der Waals surface area contributed by atoms with Crippen molar-refractivity contribution in [1.82, 2.24) is 4.90 Å². The van der Waals surface area contributed by atoms with Gasteiger partial charge in [0.15, 0.2) is 0 Å². The van der Waals surface area contributed by atoms with E-state index >= 15 is 0 Å². The van der Waals surface area contributed by atoms with Crippen LogP contribution in [-0.2, 0) is 9.53 Å². The number of primary amides is 1. The van der Waals surface area contributed by atoms with Gasteiger partial charge in [0.25, 0.3) is 0 Å². The summed E-state index contributed by atoms with van der Waals surface area (Å²) in [6.45, 7) is 5.86. The van der Waals surface area contributed by atoms with Crippen LogP contribution in [0.2, 0.25) is 0 Å². The minimum absolute atomic E-state index is 0.0260. The third-order valence-corrected chi connectivity index (χ3v) is 5.14. The average molecular weight is 298 g/mol. The molecule has 2 aliphatic rings. The van der Waals surface area contributed by atoms with Gasteiger partial charge in [0.2, 0.25) is 5.91 Å². The summed E-state index contributed by atoms with van der Waals surface area (Å²) < 4.78 is 6.05. The summed E-state index contributed by atoms with van der Waals surface area (Å²) in [6, 6.07) is 0. The Bertz CT molecular complexity index is 329. The minimum Gasteiger partial charge on any atom is -0.383 e. The normalized spacial score (nSPS) is 30.2. The number of nitrogens with zero attached hydrogens (tertiary/aromatic N) is 1. The fourth-order valence-electron chi connectivity index (χ4n) is 3.59. The summed E-state index contributed by atoms with van der Waals surface area (Å²) >= 11 is 0. The Morgan fingerprint density at radius 2 is 1.95 bits per heavy atom. The largest absolute Gasteiger partial charge is 0.383 e. The third kappa shape index (κ3) is 4.94. The number of likely N-dealkylation sites (tertiary alicyclic amines) is 1. The molecule has 0 aromatic heterocycles. The van der Waals surface area contributed by atoms with Crippen LogP contribution in [0.25, 0.3) is 0 Å². The first-order valence-electron chi connectivity index (χ1n) is 8.39. The Morgan fingerprint density at radius 3 is 2.57 bits per heavy atom. The lowest BCUT2D eigenvalue weighted by molar-refractivity contribution is -0.129. The fraction of sp³-hybridized carbons (Fsp3) is 0.938. The zero-order valence-corrected chi connectivity index (χ0v) is 13.2. The standard InChI is InChI=1S/C16H30N2O3/c1-12-4-2-3-5-14(12)21-11-10-18-8-6-13(7-9-18)15(19)16(17)20/h12-15,19H,2-11H2,1H3,(H2,17,20). The maximum Gasteiger partial charge on any atom is 0.246 e. The maximum absolute atomic E-state index is 11.0. The van der Waals surface area contributed by atoms with Crippen molar-refractivity contribution in [3.05, 3.63) is 0 Å². The molecule has 122 valence electrons. The number of hydrogen-bond acceptors (Lipinski definition) is 4. The highest BCUT2D eigenvalue weighted by Gasteiger charge is 2.28. The Hall–Kier alpha value is -0.650. The first-order valence-corrected chi connectivity index (χ1v) is 8.39. The van der Waals surface area contributed by atoms with E-state index in [0.29, 0.717) is 12.0 Å². The molecular weight excluding hydrogens is 268 g/mol. The zero-order chi connectivity index (χ0) is 15.2. The molecule has 1 amide bonds. The van der Waals surface area contributed by atoms with Gasteiger partial charge in [-0.3, -0.25) is 4.79 Å². The van der Waals surface area contributed by atoms with Crippen LogP contribution in [0.15, 0.2) is 0 Å². The molecule has 2 rings (SSSR count). The second kappa shape index (κ2) is 8.11. The van der Waals surface area contributed by atoms with E-state index in [1.807, 2.05) is 0 Å². The number of carbonyl (C=O) groups excluding carboxylic acids is 1. The maximum atomic E-state index is 11.0. The molecule has 2 fully saturated rings. The van der Waals surface area contributed by atoms with E-state index in [0.717, 1.165) is 39.1 Å². The first kappa shape index (κ1) is 16.7. The molecule has 0 aromatic rings. The fourth-order valence-corrected chi connectivity index (χ4v) is 3.59. The smallest absolute Gasteiger partial charge is 0.246 e. The molecule has 1 aliphatic carbocycles. The number of nitrogens with two attached hydrogens (primary N) is 1. The Labute approximate surface area is 127 Å². The molecule has 3 unspecified atom stereocenters. The lowest BCUT2D eigenvalue weighted by atomic mass is 9.88. The lowest BCUT2D eigenvalue weighted by Gasteiger charge is -2.34. The summed E-state index contributed by atoms with van der Waals surface area (Å²) in [7, 11) is 0. The van der Waals surface area contributed by atoms with E-state index in [4.69, 9.17) is 10.5 Å². The molecule has 0 aromatic carbocycles. The second-order valence-corrected chi connectivity index (χ2v) is 6.70. The van der Waals surface area contributed by atoms with Crippen LogP contribution >= 0.6 is 0 Å². The summed E-state index contributed by atoms with van der Waals surface area (Å²) in [6.07, 6.45) is 6.27. The highest BCUT2D eigenvalue weighted by molar-refractivity contribution is 5.78. The predicted octanol–water partition coefficient (Wildman–Crippen LogP) is 1.14. The SMILES string of the molecule is CC1CCCCC1OCCN1CCC(C(O)C(N)=O)CC1. The molecule has 5 nitrogen and oxygen atoms in total. The number of ether oxygens (including phenoxy) is 1. The van der Waals surface area contributed by atoms with Crippen molar-refractivity contribution >= 4 is 5.91 Å². The van der Waals surface area contributed by atoms with Gasteiger partial charge in [0, 0.05) is 6.54 Å². The Balaban J connectivity index is 1.61. The van der Waals surface area contributed by atoms with E-state index in [9.17, 15) is 9.90 Å². The highest BCUT2D eigenvalue weighted by atomic mass is 16.5. The third-order valence-electron chi connectivity index (χ3n) is 5.14. The number of aliphatic hydroxyl groups excluding tert-OH is 1. The van der Waals surface area contributed by atoms with Crippen LogP contribution in [0.5, 0.6) is 0 Å². The molecule has 3 atom stereocenters. The van der Waals surface area contributed by atoms with Crippen LogP contribution in [-0.4, -0.2) is 54.4 Å². The van der Waals surface area contributed by atoms with Crippen LogP contribution < -0.4 is 5.73 Å². The molecule has 1 heterocycles. The Morgan fingerprint density at radius 1 is 1.29 bits per heavy atom. The van der Waals surface area contributed by atoms with Crippen LogP contribution in [0.3, 0.4) is 0 Å². The topological polar surface area (TPSA) is 75.8 Å². The summed E-state index contributed by atoms with van der Waals surface area (Å²) in [5, 5.41) is 9.70. The van der Waals surface area contributed by atoms with E-state index in [2.05, 4.69) is 11.8 Å². The molecule has 1 saturated carbocycles. The number of hydrogen-bond donors (Lipinski definition) is 2. The zero-order valence-electron chi connectivity index (χ0n) is 13.2. The molecule has 0 spiro atoms. The first-order chi connectivity index (χ1) is 10.1. The van der Waals surface area contributed by atoms with E-state index < -0.39 is 12.0 Å².